The quantitative estimate of drug-likeness (QED) is 0.807. The summed E-state index contributed by atoms with van der Waals surface area (Å²) in [6.45, 7) is 1.88. The Morgan fingerprint density at radius 2 is 1.96 bits per heavy atom. The highest BCUT2D eigenvalue weighted by Gasteiger charge is 2.26. The summed E-state index contributed by atoms with van der Waals surface area (Å²) in [5, 5.41) is 0. The van der Waals surface area contributed by atoms with E-state index in [4.69, 9.17) is 4.74 Å². The average molecular weight is 359 g/mol. The van der Waals surface area contributed by atoms with Crippen molar-refractivity contribution in [1.29, 1.82) is 0 Å². The van der Waals surface area contributed by atoms with E-state index in [0.717, 1.165) is 17.5 Å². The minimum Gasteiger partial charge on any atom is -0.497 e. The maximum atomic E-state index is 13.8. The van der Waals surface area contributed by atoms with Crippen LogP contribution in [0.1, 0.15) is 5.56 Å². The van der Waals surface area contributed by atoms with Gasteiger partial charge in [-0.15, -0.1) is 0 Å². The van der Waals surface area contributed by atoms with Crippen LogP contribution in [0.25, 0.3) is 0 Å². The van der Waals surface area contributed by atoms with Crippen LogP contribution in [0, 0.1) is 5.82 Å². The summed E-state index contributed by atoms with van der Waals surface area (Å²) < 4.78 is 18.9. The maximum absolute atomic E-state index is 13.8. The summed E-state index contributed by atoms with van der Waals surface area (Å²) in [7, 11) is 5.05. The van der Waals surface area contributed by atoms with E-state index in [0.29, 0.717) is 25.6 Å². The number of ether oxygens (including phenoxy) is 1. The summed E-state index contributed by atoms with van der Waals surface area (Å²) in [6.07, 6.45) is 1.14. The normalized spacial score (nSPS) is 14.5. The number of carbonyl (C=O) groups excluding carboxylic acids is 1. The number of anilines is 2. The highest BCUT2D eigenvalue weighted by Crippen LogP contribution is 2.20. The lowest BCUT2D eigenvalue weighted by Gasteiger charge is -2.34. The number of methoxy groups -OCH3 is 1. The smallest absolute Gasteiger partial charge is 0.242 e. The van der Waals surface area contributed by atoms with Gasteiger partial charge >= 0.3 is 0 Å². The van der Waals surface area contributed by atoms with Crippen molar-refractivity contribution in [2.24, 2.45) is 0 Å². The summed E-state index contributed by atoms with van der Waals surface area (Å²) in [5.74, 6) is 0.875. The van der Waals surface area contributed by atoms with Crippen LogP contribution in [-0.2, 0) is 11.3 Å². The Morgan fingerprint density at radius 3 is 2.58 bits per heavy atom. The van der Waals surface area contributed by atoms with Crippen LogP contribution < -0.4 is 14.5 Å². The Balaban J connectivity index is 1.66. The average Bonchev–Trinajstić information content (AvgIpc) is 2.64. The van der Waals surface area contributed by atoms with Gasteiger partial charge in [0, 0.05) is 33.7 Å². The second-order valence-corrected chi connectivity index (χ2v) is 6.32. The molecule has 3 rings (SSSR count). The molecular formula is C18H22FN5O2. The number of hydrogen-bond donors (Lipinski definition) is 0. The number of aromatic nitrogens is 2. The van der Waals surface area contributed by atoms with Gasteiger partial charge in [-0.2, -0.15) is 4.98 Å². The molecule has 0 saturated carbocycles. The van der Waals surface area contributed by atoms with Crippen molar-refractivity contribution in [1.82, 2.24) is 14.9 Å². The number of piperazine rings is 1. The summed E-state index contributed by atoms with van der Waals surface area (Å²) in [4.78, 5) is 25.9. The van der Waals surface area contributed by atoms with Gasteiger partial charge in [-0.05, 0) is 17.7 Å². The molecular weight excluding hydrogens is 337 g/mol. The maximum Gasteiger partial charge on any atom is 0.242 e. The number of rotatable bonds is 5. The number of amides is 1. The molecule has 0 atom stereocenters. The summed E-state index contributed by atoms with van der Waals surface area (Å²) in [5.41, 5.74) is 1.04. The monoisotopic (exact) mass is 359 g/mol. The number of halogens is 1. The van der Waals surface area contributed by atoms with Crippen molar-refractivity contribution in [3.63, 3.8) is 0 Å². The first-order valence-corrected chi connectivity index (χ1v) is 8.33. The first-order valence-electron chi connectivity index (χ1n) is 8.33. The molecule has 0 aliphatic carbocycles. The molecule has 8 heteroatoms. The van der Waals surface area contributed by atoms with Crippen LogP contribution >= 0.6 is 0 Å². The minimum absolute atomic E-state index is 0.00797. The predicted molar refractivity (Wildman–Crippen MR) is 96.9 cm³/mol. The van der Waals surface area contributed by atoms with E-state index < -0.39 is 5.82 Å². The molecule has 1 fully saturated rings. The standard InChI is InChI=1S/C18H22FN5O2/c1-22(2)17-15(19)10-20-18(21-17)24-9-8-23(16(25)12-24)11-13-4-6-14(26-3)7-5-13/h4-7,10H,8-9,11-12H2,1-3H3. The largest absolute Gasteiger partial charge is 0.497 e. The lowest BCUT2D eigenvalue weighted by Crippen LogP contribution is -2.50. The van der Waals surface area contributed by atoms with E-state index in [9.17, 15) is 9.18 Å². The minimum atomic E-state index is -0.483. The van der Waals surface area contributed by atoms with Crippen molar-refractivity contribution in [3.8, 4) is 5.75 Å². The fraction of sp³-hybridized carbons (Fsp3) is 0.389. The molecule has 0 unspecified atom stereocenters. The molecule has 2 heterocycles. The second kappa shape index (κ2) is 7.55. The first-order chi connectivity index (χ1) is 12.5. The second-order valence-electron chi connectivity index (χ2n) is 6.32. The van der Waals surface area contributed by atoms with Crippen molar-refractivity contribution < 1.29 is 13.9 Å². The van der Waals surface area contributed by atoms with Gasteiger partial charge in [0.25, 0.3) is 0 Å². The van der Waals surface area contributed by atoms with E-state index in [1.807, 2.05) is 24.3 Å². The van der Waals surface area contributed by atoms with E-state index in [1.54, 1.807) is 35.9 Å². The lowest BCUT2D eigenvalue weighted by molar-refractivity contribution is -0.131. The molecule has 1 aromatic carbocycles. The third kappa shape index (κ3) is 3.84. The molecule has 1 aromatic heterocycles. The Hall–Kier alpha value is -2.90. The van der Waals surface area contributed by atoms with Crippen LogP contribution in [-0.4, -0.2) is 61.6 Å². The van der Waals surface area contributed by atoms with Gasteiger partial charge in [0.2, 0.25) is 11.9 Å². The number of carbonyl (C=O) groups is 1. The molecule has 1 aliphatic heterocycles. The molecule has 0 radical (unpaired) electrons. The third-order valence-electron chi connectivity index (χ3n) is 4.27. The Kier molecular flexibility index (Phi) is 5.20. The van der Waals surface area contributed by atoms with Gasteiger partial charge in [-0.3, -0.25) is 4.79 Å². The van der Waals surface area contributed by atoms with Gasteiger partial charge in [-0.1, -0.05) is 12.1 Å². The van der Waals surface area contributed by atoms with E-state index in [1.165, 1.54) is 0 Å². The van der Waals surface area contributed by atoms with E-state index in [2.05, 4.69) is 9.97 Å². The summed E-state index contributed by atoms with van der Waals surface area (Å²) >= 11 is 0. The first kappa shape index (κ1) is 17.9. The van der Waals surface area contributed by atoms with E-state index >= 15 is 0 Å². The van der Waals surface area contributed by atoms with Gasteiger partial charge in [0.15, 0.2) is 11.6 Å². The van der Waals surface area contributed by atoms with Gasteiger partial charge in [0.1, 0.15) is 12.3 Å². The van der Waals surface area contributed by atoms with Gasteiger partial charge in [-0.25, -0.2) is 9.37 Å². The van der Waals surface area contributed by atoms with Gasteiger partial charge < -0.3 is 19.4 Å². The van der Waals surface area contributed by atoms with Crippen molar-refractivity contribution >= 4 is 17.7 Å². The highest BCUT2D eigenvalue weighted by atomic mass is 19.1. The molecule has 1 saturated heterocycles. The predicted octanol–water partition coefficient (Wildman–Crippen LogP) is 1.54. The Bertz CT molecular complexity index is 782. The zero-order valence-corrected chi connectivity index (χ0v) is 15.1. The van der Waals surface area contributed by atoms with Crippen LogP contribution in [0.4, 0.5) is 16.2 Å². The summed E-state index contributed by atoms with van der Waals surface area (Å²) in [6, 6.07) is 7.66. The van der Waals surface area contributed by atoms with Gasteiger partial charge in [0.05, 0.1) is 13.3 Å². The van der Waals surface area contributed by atoms with Crippen LogP contribution in [0.15, 0.2) is 30.5 Å². The molecule has 2 aromatic rings. The SMILES string of the molecule is COc1ccc(CN2CCN(c3ncc(F)c(N(C)C)n3)CC2=O)cc1. The number of nitrogens with zero attached hydrogens (tertiary/aromatic N) is 5. The molecule has 26 heavy (non-hydrogen) atoms. The Morgan fingerprint density at radius 1 is 1.23 bits per heavy atom. The van der Waals surface area contributed by atoms with Crippen LogP contribution in [0.5, 0.6) is 5.75 Å². The highest BCUT2D eigenvalue weighted by molar-refractivity contribution is 5.82. The lowest BCUT2D eigenvalue weighted by atomic mass is 10.2. The molecule has 138 valence electrons. The molecule has 7 nitrogen and oxygen atoms in total. The molecule has 1 aliphatic rings. The fourth-order valence-electron chi connectivity index (χ4n) is 2.81. The zero-order chi connectivity index (χ0) is 18.7. The molecule has 0 bridgehead atoms. The zero-order valence-electron chi connectivity index (χ0n) is 15.1. The number of hydrogen-bond acceptors (Lipinski definition) is 6. The van der Waals surface area contributed by atoms with E-state index in [-0.39, 0.29) is 18.3 Å². The molecule has 0 spiro atoms. The van der Waals surface area contributed by atoms with Crippen LogP contribution in [0.2, 0.25) is 0 Å². The van der Waals surface area contributed by atoms with Crippen molar-refractivity contribution in [2.75, 3.05) is 50.6 Å². The third-order valence-corrected chi connectivity index (χ3v) is 4.27. The molecule has 1 amide bonds. The van der Waals surface area contributed by atoms with Crippen molar-refractivity contribution in [2.45, 2.75) is 6.54 Å². The topological polar surface area (TPSA) is 61.8 Å². The number of benzene rings is 1. The van der Waals surface area contributed by atoms with Crippen LogP contribution in [0.3, 0.4) is 0 Å². The molecule has 0 N–H and O–H groups in total. The Labute approximate surface area is 152 Å². The van der Waals surface area contributed by atoms with Crippen molar-refractivity contribution in [3.05, 3.63) is 41.8 Å². The fourth-order valence-corrected chi connectivity index (χ4v) is 2.81.